The minimum absolute atomic E-state index is 0.0658. The fraction of sp³-hybridized carbons (Fsp3) is 0.167. The van der Waals surface area contributed by atoms with Crippen LogP contribution in [0.1, 0.15) is 17.8 Å². The minimum atomic E-state index is -0.372. The molecule has 0 saturated heterocycles. The van der Waals surface area contributed by atoms with Gasteiger partial charge < -0.3 is 5.32 Å². The second-order valence-electron chi connectivity index (χ2n) is 3.66. The number of nitro groups is 1. The van der Waals surface area contributed by atoms with Gasteiger partial charge in [-0.15, -0.1) is 11.3 Å². The summed E-state index contributed by atoms with van der Waals surface area (Å²) in [5.41, 5.74) is 0.661. The molecule has 0 aliphatic rings. The van der Waals surface area contributed by atoms with Gasteiger partial charge in [0, 0.05) is 10.9 Å². The highest BCUT2D eigenvalue weighted by Crippen LogP contribution is 2.28. The summed E-state index contributed by atoms with van der Waals surface area (Å²) < 4.78 is 0. The number of benzene rings is 1. The molecule has 0 unspecified atom stereocenters. The highest BCUT2D eigenvalue weighted by Gasteiger charge is 2.15. The number of rotatable bonds is 4. The van der Waals surface area contributed by atoms with Crippen molar-refractivity contribution in [1.29, 1.82) is 0 Å². The van der Waals surface area contributed by atoms with Gasteiger partial charge in [0.25, 0.3) is 5.69 Å². The molecule has 5 heteroatoms. The van der Waals surface area contributed by atoms with Gasteiger partial charge >= 0.3 is 0 Å². The predicted octanol–water partition coefficient (Wildman–Crippen LogP) is 3.83. The molecule has 0 spiro atoms. The van der Waals surface area contributed by atoms with Crippen LogP contribution < -0.4 is 5.32 Å². The molecule has 2 aromatic rings. The van der Waals surface area contributed by atoms with E-state index < -0.39 is 0 Å². The molecule has 4 nitrogen and oxygen atoms in total. The van der Waals surface area contributed by atoms with Crippen molar-refractivity contribution in [2.45, 2.75) is 13.0 Å². The summed E-state index contributed by atoms with van der Waals surface area (Å²) in [7, 11) is 0. The lowest BCUT2D eigenvalue weighted by atomic mass is 10.2. The third-order valence-electron chi connectivity index (χ3n) is 2.44. The number of anilines is 1. The first kappa shape index (κ1) is 11.6. The molecule has 0 aliphatic carbocycles. The summed E-state index contributed by atoms with van der Waals surface area (Å²) in [6.45, 7) is 1.99. The summed E-state index contributed by atoms with van der Waals surface area (Å²) in [5, 5.41) is 16.0. The number of hydrogen-bond donors (Lipinski definition) is 1. The molecule has 0 radical (unpaired) electrons. The van der Waals surface area contributed by atoms with Crippen LogP contribution in [0.4, 0.5) is 11.4 Å². The van der Waals surface area contributed by atoms with E-state index in [2.05, 4.69) is 5.32 Å². The third-order valence-corrected chi connectivity index (χ3v) is 3.50. The van der Waals surface area contributed by atoms with Crippen LogP contribution in [0, 0.1) is 10.1 Å². The van der Waals surface area contributed by atoms with Crippen molar-refractivity contribution in [3.8, 4) is 0 Å². The summed E-state index contributed by atoms with van der Waals surface area (Å²) in [4.78, 5) is 11.6. The maximum absolute atomic E-state index is 10.9. The van der Waals surface area contributed by atoms with Crippen molar-refractivity contribution in [1.82, 2.24) is 0 Å². The molecule has 1 heterocycles. The maximum Gasteiger partial charge on any atom is 0.292 e. The molecule has 1 aromatic heterocycles. The maximum atomic E-state index is 10.9. The molecule has 0 bridgehead atoms. The molecule has 0 aliphatic heterocycles. The quantitative estimate of drug-likeness (QED) is 0.660. The fourth-order valence-corrected chi connectivity index (χ4v) is 2.33. The van der Waals surface area contributed by atoms with E-state index in [1.807, 2.05) is 24.4 Å². The first-order valence-electron chi connectivity index (χ1n) is 5.22. The molecule has 1 atom stereocenters. The average Bonchev–Trinajstić information content (AvgIpc) is 2.83. The topological polar surface area (TPSA) is 55.2 Å². The number of para-hydroxylation sites is 2. The monoisotopic (exact) mass is 248 g/mol. The number of nitro benzene ring substituents is 1. The Balaban J connectivity index is 2.21. The Hall–Kier alpha value is -1.88. The van der Waals surface area contributed by atoms with Gasteiger partial charge in [-0.05, 0) is 24.4 Å². The largest absolute Gasteiger partial charge is 0.372 e. The van der Waals surface area contributed by atoms with Gasteiger partial charge in [-0.25, -0.2) is 0 Å². The minimum Gasteiger partial charge on any atom is -0.372 e. The van der Waals surface area contributed by atoms with Gasteiger partial charge in [-0.3, -0.25) is 10.1 Å². The first-order chi connectivity index (χ1) is 8.18. The highest BCUT2D eigenvalue weighted by molar-refractivity contribution is 7.10. The Bertz CT molecular complexity index is 511. The van der Waals surface area contributed by atoms with Gasteiger partial charge in [0.15, 0.2) is 0 Å². The van der Waals surface area contributed by atoms with Gasteiger partial charge in [0.05, 0.1) is 11.0 Å². The van der Waals surface area contributed by atoms with Gasteiger partial charge in [0.2, 0.25) is 0 Å². The van der Waals surface area contributed by atoms with Crippen LogP contribution in [0.25, 0.3) is 0 Å². The second kappa shape index (κ2) is 4.97. The zero-order valence-electron chi connectivity index (χ0n) is 9.29. The smallest absolute Gasteiger partial charge is 0.292 e. The number of nitrogens with zero attached hydrogens (tertiary/aromatic N) is 1. The number of hydrogen-bond acceptors (Lipinski definition) is 4. The van der Waals surface area contributed by atoms with Crippen LogP contribution in [-0.4, -0.2) is 4.92 Å². The predicted molar refractivity (Wildman–Crippen MR) is 69.5 cm³/mol. The molecular formula is C12H12N2O2S. The van der Waals surface area contributed by atoms with Crippen molar-refractivity contribution in [3.05, 3.63) is 56.8 Å². The normalized spacial score (nSPS) is 12.1. The molecule has 0 saturated carbocycles. The van der Waals surface area contributed by atoms with E-state index in [0.717, 1.165) is 4.88 Å². The Labute approximate surface area is 103 Å². The number of nitrogens with one attached hydrogen (secondary N) is 1. The van der Waals surface area contributed by atoms with Crippen molar-refractivity contribution in [3.63, 3.8) is 0 Å². The summed E-state index contributed by atoms with van der Waals surface area (Å²) in [6, 6.07) is 10.7. The lowest BCUT2D eigenvalue weighted by Gasteiger charge is -2.13. The van der Waals surface area contributed by atoms with E-state index in [4.69, 9.17) is 0 Å². The Morgan fingerprint density at radius 2 is 2.06 bits per heavy atom. The molecule has 1 aromatic carbocycles. The fourth-order valence-electron chi connectivity index (χ4n) is 1.60. The molecule has 2 rings (SSSR count). The first-order valence-corrected chi connectivity index (χ1v) is 6.10. The van der Waals surface area contributed by atoms with E-state index >= 15 is 0 Å². The van der Waals surface area contributed by atoms with Crippen LogP contribution in [0.5, 0.6) is 0 Å². The lowest BCUT2D eigenvalue weighted by Crippen LogP contribution is -2.06. The molecule has 0 amide bonds. The number of thiophene rings is 1. The summed E-state index contributed by atoms with van der Waals surface area (Å²) in [6.07, 6.45) is 0. The lowest BCUT2D eigenvalue weighted by molar-refractivity contribution is -0.384. The van der Waals surface area contributed by atoms with E-state index in [1.165, 1.54) is 6.07 Å². The van der Waals surface area contributed by atoms with Crippen molar-refractivity contribution < 1.29 is 4.92 Å². The molecule has 88 valence electrons. The van der Waals surface area contributed by atoms with E-state index in [9.17, 15) is 10.1 Å². The van der Waals surface area contributed by atoms with Gasteiger partial charge in [0.1, 0.15) is 5.69 Å². The third kappa shape index (κ3) is 2.62. The van der Waals surface area contributed by atoms with Crippen LogP contribution in [-0.2, 0) is 0 Å². The SMILES string of the molecule is C[C@@H](Nc1ccccc1[N+](=O)[O-])c1cccs1. The van der Waals surface area contributed by atoms with E-state index in [0.29, 0.717) is 5.69 Å². The Kier molecular flexibility index (Phi) is 3.39. The Morgan fingerprint density at radius 1 is 1.29 bits per heavy atom. The Morgan fingerprint density at radius 3 is 2.71 bits per heavy atom. The standard InChI is InChI=1S/C12H12N2O2S/c1-9(12-7-4-8-17-12)13-10-5-2-3-6-11(10)14(15)16/h2-9,13H,1H3/t9-/m1/s1. The molecular weight excluding hydrogens is 236 g/mol. The second-order valence-corrected chi connectivity index (χ2v) is 4.63. The van der Waals surface area contributed by atoms with Crippen molar-refractivity contribution in [2.75, 3.05) is 5.32 Å². The summed E-state index contributed by atoms with van der Waals surface area (Å²) in [5.74, 6) is 0. The van der Waals surface area contributed by atoms with Gasteiger partial charge in [-0.2, -0.15) is 0 Å². The molecule has 1 N–H and O–H groups in total. The average molecular weight is 248 g/mol. The van der Waals surface area contributed by atoms with Crippen molar-refractivity contribution in [2.24, 2.45) is 0 Å². The molecule has 17 heavy (non-hydrogen) atoms. The van der Waals surface area contributed by atoms with Crippen LogP contribution in [0.3, 0.4) is 0 Å². The van der Waals surface area contributed by atoms with Crippen LogP contribution >= 0.6 is 11.3 Å². The highest BCUT2D eigenvalue weighted by atomic mass is 32.1. The van der Waals surface area contributed by atoms with E-state index in [1.54, 1.807) is 29.5 Å². The van der Waals surface area contributed by atoms with E-state index in [-0.39, 0.29) is 16.7 Å². The zero-order valence-corrected chi connectivity index (χ0v) is 10.1. The van der Waals surface area contributed by atoms with Crippen LogP contribution in [0.15, 0.2) is 41.8 Å². The van der Waals surface area contributed by atoms with Gasteiger partial charge in [-0.1, -0.05) is 18.2 Å². The van der Waals surface area contributed by atoms with Crippen molar-refractivity contribution >= 4 is 22.7 Å². The molecule has 0 fully saturated rings. The van der Waals surface area contributed by atoms with Crippen LogP contribution in [0.2, 0.25) is 0 Å². The summed E-state index contributed by atoms with van der Waals surface area (Å²) >= 11 is 1.63. The zero-order chi connectivity index (χ0) is 12.3.